The molecule has 1 unspecified atom stereocenters. The molecule has 0 saturated heterocycles. The molecule has 0 spiro atoms. The van der Waals surface area contributed by atoms with Crippen molar-refractivity contribution in [2.75, 3.05) is 6.61 Å². The lowest BCUT2D eigenvalue weighted by molar-refractivity contribution is 0.102. The molecule has 0 aromatic rings. The van der Waals surface area contributed by atoms with E-state index in [0.717, 1.165) is 12.8 Å². The maximum absolute atomic E-state index is 12.1. The summed E-state index contributed by atoms with van der Waals surface area (Å²) in [6, 6.07) is 0.258. The number of ether oxygens (including phenoxy) is 1. The van der Waals surface area contributed by atoms with Crippen LogP contribution < -0.4 is 5.32 Å². The summed E-state index contributed by atoms with van der Waals surface area (Å²) >= 11 is 0. The standard InChI is InChI=1S/C25H49NO2/c1-6-8-10-11-12-13-14-15-16-17-19-21-23(20-18-9-7-2)26-24(27)28-22-25(3,4)5/h13-14,23H,6-12,15-22H2,1-5H3,(H,26,27). The Kier molecular flexibility index (Phi) is 17.4. The summed E-state index contributed by atoms with van der Waals surface area (Å²) in [6.07, 6.45) is 21.7. The zero-order valence-corrected chi connectivity index (χ0v) is 19.7. The van der Waals surface area contributed by atoms with Crippen molar-refractivity contribution in [1.82, 2.24) is 5.32 Å². The molecule has 0 bridgehead atoms. The zero-order valence-electron chi connectivity index (χ0n) is 19.7. The van der Waals surface area contributed by atoms with Crippen LogP contribution in [0, 0.1) is 5.41 Å². The summed E-state index contributed by atoms with van der Waals surface area (Å²) in [7, 11) is 0. The minimum absolute atomic E-state index is 0.0125. The fraction of sp³-hybridized carbons (Fsp3) is 0.880. The van der Waals surface area contributed by atoms with Crippen LogP contribution in [0.2, 0.25) is 0 Å². The molecular formula is C25H49NO2. The van der Waals surface area contributed by atoms with E-state index in [-0.39, 0.29) is 17.6 Å². The lowest BCUT2D eigenvalue weighted by Crippen LogP contribution is -2.36. The first-order chi connectivity index (χ1) is 13.4. The van der Waals surface area contributed by atoms with Gasteiger partial charge in [-0.2, -0.15) is 0 Å². The molecule has 0 aromatic heterocycles. The lowest BCUT2D eigenvalue weighted by Gasteiger charge is -2.21. The lowest BCUT2D eigenvalue weighted by atomic mass is 9.99. The second-order valence-electron chi connectivity index (χ2n) is 9.43. The predicted molar refractivity (Wildman–Crippen MR) is 123 cm³/mol. The van der Waals surface area contributed by atoms with Gasteiger partial charge in [-0.3, -0.25) is 0 Å². The molecule has 1 N–H and O–H groups in total. The Balaban J connectivity index is 3.95. The van der Waals surface area contributed by atoms with Gasteiger partial charge in [0, 0.05) is 6.04 Å². The van der Waals surface area contributed by atoms with Gasteiger partial charge in [-0.25, -0.2) is 4.79 Å². The highest BCUT2D eigenvalue weighted by atomic mass is 16.5. The minimum Gasteiger partial charge on any atom is -0.449 e. The third kappa shape index (κ3) is 19.8. The van der Waals surface area contributed by atoms with Crippen LogP contribution in [0.1, 0.15) is 125 Å². The number of alkyl carbamates (subject to hydrolysis) is 1. The van der Waals surface area contributed by atoms with Crippen molar-refractivity contribution >= 4 is 6.09 Å². The fourth-order valence-electron chi connectivity index (χ4n) is 3.17. The summed E-state index contributed by atoms with van der Waals surface area (Å²) in [6.45, 7) is 11.2. The highest BCUT2D eigenvalue weighted by Crippen LogP contribution is 2.15. The second kappa shape index (κ2) is 18.1. The van der Waals surface area contributed by atoms with Crippen LogP contribution >= 0.6 is 0 Å². The SMILES string of the molecule is CCCCCCC=CCCCCCC(CCCCC)NC(=O)OCC(C)(C)C. The maximum Gasteiger partial charge on any atom is 0.407 e. The fourth-order valence-corrected chi connectivity index (χ4v) is 3.17. The number of rotatable bonds is 17. The molecule has 0 fully saturated rings. The highest BCUT2D eigenvalue weighted by Gasteiger charge is 2.16. The summed E-state index contributed by atoms with van der Waals surface area (Å²) in [5.41, 5.74) is 0.0125. The van der Waals surface area contributed by atoms with Crippen molar-refractivity contribution in [3.05, 3.63) is 12.2 Å². The Morgan fingerprint density at radius 2 is 1.32 bits per heavy atom. The number of unbranched alkanes of at least 4 members (excludes halogenated alkanes) is 9. The van der Waals surface area contributed by atoms with E-state index in [1.807, 2.05) is 0 Å². The average Bonchev–Trinajstić information content (AvgIpc) is 2.64. The van der Waals surface area contributed by atoms with Gasteiger partial charge in [0.25, 0.3) is 0 Å². The Morgan fingerprint density at radius 3 is 1.86 bits per heavy atom. The van der Waals surface area contributed by atoms with Crippen LogP contribution in [0.5, 0.6) is 0 Å². The molecule has 0 radical (unpaired) electrons. The molecule has 0 aromatic carbocycles. The summed E-state index contributed by atoms with van der Waals surface area (Å²) in [4.78, 5) is 12.1. The van der Waals surface area contributed by atoms with Crippen molar-refractivity contribution in [2.45, 2.75) is 131 Å². The molecule has 0 aliphatic rings. The van der Waals surface area contributed by atoms with Crippen molar-refractivity contribution in [3.8, 4) is 0 Å². The van der Waals surface area contributed by atoms with Gasteiger partial charge in [0.05, 0.1) is 6.61 Å². The Labute approximate surface area is 176 Å². The van der Waals surface area contributed by atoms with E-state index in [0.29, 0.717) is 6.61 Å². The largest absolute Gasteiger partial charge is 0.449 e. The van der Waals surface area contributed by atoms with Crippen molar-refractivity contribution in [3.63, 3.8) is 0 Å². The van der Waals surface area contributed by atoms with Gasteiger partial charge >= 0.3 is 6.09 Å². The number of amides is 1. The molecule has 1 amide bonds. The molecule has 3 heteroatoms. The van der Waals surface area contributed by atoms with Crippen LogP contribution in [0.25, 0.3) is 0 Å². The van der Waals surface area contributed by atoms with Gasteiger partial charge in [-0.1, -0.05) is 98.1 Å². The van der Waals surface area contributed by atoms with Crippen LogP contribution in [-0.2, 0) is 4.74 Å². The summed E-state index contributed by atoms with van der Waals surface area (Å²) in [5, 5.41) is 3.11. The third-order valence-electron chi connectivity index (χ3n) is 4.93. The molecular weight excluding hydrogens is 346 g/mol. The van der Waals surface area contributed by atoms with Crippen molar-refractivity contribution in [2.24, 2.45) is 5.41 Å². The van der Waals surface area contributed by atoms with Gasteiger partial charge < -0.3 is 10.1 Å². The Bertz CT molecular complexity index is 384. The summed E-state index contributed by atoms with van der Waals surface area (Å²) < 4.78 is 5.39. The van der Waals surface area contributed by atoms with E-state index >= 15 is 0 Å². The van der Waals surface area contributed by atoms with Crippen LogP contribution in [0.4, 0.5) is 4.79 Å². The molecule has 0 saturated carbocycles. The maximum atomic E-state index is 12.1. The quantitative estimate of drug-likeness (QED) is 0.199. The number of hydrogen-bond donors (Lipinski definition) is 1. The molecule has 166 valence electrons. The minimum atomic E-state index is -0.248. The third-order valence-corrected chi connectivity index (χ3v) is 4.93. The molecule has 0 rings (SSSR count). The smallest absolute Gasteiger partial charge is 0.407 e. The highest BCUT2D eigenvalue weighted by molar-refractivity contribution is 5.67. The van der Waals surface area contributed by atoms with E-state index in [2.05, 4.69) is 52.1 Å². The summed E-state index contributed by atoms with van der Waals surface area (Å²) in [5.74, 6) is 0. The number of nitrogens with one attached hydrogen (secondary N) is 1. The van der Waals surface area contributed by atoms with E-state index in [1.165, 1.54) is 77.0 Å². The Hall–Kier alpha value is -0.990. The predicted octanol–water partition coefficient (Wildman–Crippen LogP) is 8.18. The molecule has 0 aliphatic heterocycles. The van der Waals surface area contributed by atoms with E-state index in [1.54, 1.807) is 0 Å². The zero-order chi connectivity index (χ0) is 21.1. The first kappa shape index (κ1) is 27.0. The first-order valence-electron chi connectivity index (χ1n) is 12.0. The van der Waals surface area contributed by atoms with Gasteiger partial charge in [-0.05, 0) is 43.9 Å². The van der Waals surface area contributed by atoms with Gasteiger partial charge in [0.1, 0.15) is 0 Å². The number of allylic oxidation sites excluding steroid dienone is 2. The molecule has 1 atom stereocenters. The van der Waals surface area contributed by atoms with Gasteiger partial charge in [-0.15, -0.1) is 0 Å². The normalized spacial score (nSPS) is 13.0. The van der Waals surface area contributed by atoms with Crippen LogP contribution in [0.3, 0.4) is 0 Å². The van der Waals surface area contributed by atoms with Gasteiger partial charge in [0.2, 0.25) is 0 Å². The van der Waals surface area contributed by atoms with Gasteiger partial charge in [0.15, 0.2) is 0 Å². The number of hydrogen-bond acceptors (Lipinski definition) is 2. The first-order valence-corrected chi connectivity index (χ1v) is 12.0. The van der Waals surface area contributed by atoms with Crippen LogP contribution in [-0.4, -0.2) is 18.7 Å². The molecule has 28 heavy (non-hydrogen) atoms. The topological polar surface area (TPSA) is 38.3 Å². The van der Waals surface area contributed by atoms with Crippen molar-refractivity contribution in [1.29, 1.82) is 0 Å². The number of carbonyl (C=O) groups excluding carboxylic acids is 1. The van der Waals surface area contributed by atoms with E-state index in [9.17, 15) is 4.79 Å². The number of carbonyl (C=O) groups is 1. The molecule has 3 nitrogen and oxygen atoms in total. The molecule has 0 aliphatic carbocycles. The van der Waals surface area contributed by atoms with Crippen molar-refractivity contribution < 1.29 is 9.53 Å². The average molecular weight is 396 g/mol. The van der Waals surface area contributed by atoms with E-state index in [4.69, 9.17) is 4.74 Å². The van der Waals surface area contributed by atoms with E-state index < -0.39 is 0 Å². The second-order valence-corrected chi connectivity index (χ2v) is 9.43. The van der Waals surface area contributed by atoms with Crippen LogP contribution in [0.15, 0.2) is 12.2 Å². The molecule has 0 heterocycles. The Morgan fingerprint density at radius 1 is 0.821 bits per heavy atom. The monoisotopic (exact) mass is 395 g/mol.